The van der Waals surface area contributed by atoms with Gasteiger partial charge in [-0.25, -0.2) is 0 Å². The van der Waals surface area contributed by atoms with Gasteiger partial charge in [-0.2, -0.15) is 43.9 Å². The summed E-state index contributed by atoms with van der Waals surface area (Å²) in [6.07, 6.45) is -12.3. The van der Waals surface area contributed by atoms with Crippen molar-refractivity contribution in [2.75, 3.05) is 0 Å². The molecule has 0 aromatic heterocycles. The van der Waals surface area contributed by atoms with Crippen LogP contribution in [0, 0.1) is 0 Å². The van der Waals surface area contributed by atoms with Crippen LogP contribution in [0.25, 0.3) is 0 Å². The van der Waals surface area contributed by atoms with Gasteiger partial charge in [-0.1, -0.05) is 0 Å². The first-order chi connectivity index (χ1) is 7.60. The Bertz CT molecular complexity index is 259. The molecular formula is C4HF10OPS2. The fourth-order valence-corrected chi connectivity index (χ4v) is 4.89. The summed E-state index contributed by atoms with van der Waals surface area (Å²) in [7, 11) is 0. The molecule has 0 aliphatic heterocycles. The highest BCUT2D eigenvalue weighted by Gasteiger charge is 2.63. The fourth-order valence-electron chi connectivity index (χ4n) is 0.318. The summed E-state index contributed by atoms with van der Waals surface area (Å²) in [5.41, 5.74) is 0. The zero-order chi connectivity index (χ0) is 15.0. The lowest BCUT2D eigenvalue weighted by Crippen LogP contribution is -2.33. The molecule has 0 aliphatic carbocycles. The topological polar surface area (TPSA) is 20.2 Å². The Balaban J connectivity index is 4.69. The maximum Gasteiger partial charge on any atom is 0.464 e. The molecule has 0 radical (unpaired) electrons. The summed E-state index contributed by atoms with van der Waals surface area (Å²) in [5, 5.41) is -11.2. The first-order valence-electron chi connectivity index (χ1n) is 3.36. The van der Waals surface area contributed by atoms with E-state index in [1.165, 1.54) is 0 Å². The molecule has 0 rings (SSSR count). The zero-order valence-corrected chi connectivity index (χ0v) is 10.0. The van der Waals surface area contributed by atoms with Crippen LogP contribution in [0.15, 0.2) is 0 Å². The first kappa shape index (κ1) is 18.4. The second-order valence-corrected chi connectivity index (χ2v) is 8.18. The highest BCUT2D eigenvalue weighted by atomic mass is 33.1. The van der Waals surface area contributed by atoms with E-state index in [2.05, 4.69) is 0 Å². The minimum atomic E-state index is -6.17. The third-order valence-electron chi connectivity index (χ3n) is 1.05. The molecule has 1 N–H and O–H groups in total. The van der Waals surface area contributed by atoms with Crippen molar-refractivity contribution >= 4 is 29.3 Å². The molecule has 110 valence electrons. The van der Waals surface area contributed by atoms with Gasteiger partial charge >= 0.3 is 22.9 Å². The molecule has 0 aromatic carbocycles. The molecule has 0 bridgehead atoms. The second-order valence-electron chi connectivity index (χ2n) is 2.45. The van der Waals surface area contributed by atoms with Gasteiger partial charge in [0.05, 0.1) is 0 Å². The van der Waals surface area contributed by atoms with Crippen molar-refractivity contribution in [1.82, 2.24) is 0 Å². The summed E-state index contributed by atoms with van der Waals surface area (Å²) in [6, 6.07) is 0. The molecule has 18 heavy (non-hydrogen) atoms. The minimum Gasteiger partial charge on any atom is -0.355 e. The van der Waals surface area contributed by atoms with Gasteiger partial charge in [-0.05, 0) is 22.8 Å². The summed E-state index contributed by atoms with van der Waals surface area (Å²) in [5.74, 6) is 0. The molecule has 0 unspecified atom stereocenters. The maximum atomic E-state index is 12.2. The Morgan fingerprint density at radius 1 is 0.611 bits per heavy atom. The Morgan fingerprint density at radius 2 is 0.833 bits per heavy atom. The van der Waals surface area contributed by atoms with Crippen LogP contribution < -0.4 is 0 Å². The van der Waals surface area contributed by atoms with Crippen LogP contribution in [-0.4, -0.2) is 27.8 Å². The van der Waals surface area contributed by atoms with Gasteiger partial charge in [0.2, 0.25) is 0 Å². The Morgan fingerprint density at radius 3 is 1.00 bits per heavy atom. The summed E-state index contributed by atoms with van der Waals surface area (Å²) >= 11 is -3.41. The van der Waals surface area contributed by atoms with Crippen LogP contribution in [0.5, 0.6) is 0 Å². The lowest BCUT2D eigenvalue weighted by Gasteiger charge is -2.24. The molecule has 0 amide bonds. The van der Waals surface area contributed by atoms with E-state index in [4.69, 9.17) is 4.89 Å². The van der Waals surface area contributed by atoms with Crippen LogP contribution >= 0.6 is 29.3 Å². The van der Waals surface area contributed by atoms with E-state index in [1.807, 2.05) is 0 Å². The molecule has 0 saturated carbocycles. The summed E-state index contributed by atoms with van der Waals surface area (Å²) in [6.45, 7) is -3.99. The average Bonchev–Trinajstić information content (AvgIpc) is 1.95. The molecule has 0 atom stereocenters. The van der Waals surface area contributed by atoms with E-state index in [0.717, 1.165) is 0 Å². The SMILES string of the molecule is OP(SC(F)(F)C(F)(F)F)SC(F)(F)C(F)(F)F. The van der Waals surface area contributed by atoms with Crippen molar-refractivity contribution < 1.29 is 48.8 Å². The summed E-state index contributed by atoms with van der Waals surface area (Å²) < 4.78 is 118. The van der Waals surface area contributed by atoms with Crippen molar-refractivity contribution in [2.45, 2.75) is 22.9 Å². The molecular weight excluding hydrogens is 349 g/mol. The van der Waals surface area contributed by atoms with Crippen molar-refractivity contribution in [1.29, 1.82) is 0 Å². The number of hydrogen-bond donors (Lipinski definition) is 1. The molecule has 0 aliphatic rings. The van der Waals surface area contributed by atoms with Crippen LogP contribution in [-0.2, 0) is 0 Å². The lowest BCUT2D eigenvalue weighted by atomic mass is 10.7. The highest BCUT2D eigenvalue weighted by molar-refractivity contribution is 8.87. The number of alkyl halides is 10. The molecule has 1 nitrogen and oxygen atoms in total. The van der Waals surface area contributed by atoms with E-state index in [1.54, 1.807) is 0 Å². The zero-order valence-electron chi connectivity index (χ0n) is 7.49. The molecule has 0 saturated heterocycles. The average molecular weight is 350 g/mol. The Labute approximate surface area is 102 Å². The molecule has 0 spiro atoms. The van der Waals surface area contributed by atoms with Gasteiger partial charge in [0.25, 0.3) is 0 Å². The quantitative estimate of drug-likeness (QED) is 0.570. The third-order valence-corrected chi connectivity index (χ3v) is 5.93. The normalized spacial score (nSPS) is 15.3. The van der Waals surface area contributed by atoms with Gasteiger partial charge in [-0.15, -0.1) is 0 Å². The van der Waals surface area contributed by atoms with Gasteiger partial charge in [0, 0.05) is 0 Å². The second kappa shape index (κ2) is 5.41. The van der Waals surface area contributed by atoms with E-state index in [9.17, 15) is 43.9 Å². The monoisotopic (exact) mass is 350 g/mol. The molecule has 0 aromatic rings. The van der Waals surface area contributed by atoms with E-state index < -0.39 is 52.2 Å². The van der Waals surface area contributed by atoms with E-state index in [0.29, 0.717) is 0 Å². The molecule has 0 fully saturated rings. The predicted molar refractivity (Wildman–Crippen MR) is 46.3 cm³/mol. The largest absolute Gasteiger partial charge is 0.464 e. The van der Waals surface area contributed by atoms with Crippen molar-refractivity contribution in [3.05, 3.63) is 0 Å². The minimum absolute atomic E-state index is 1.70. The molecule has 14 heteroatoms. The maximum absolute atomic E-state index is 12.2. The van der Waals surface area contributed by atoms with Crippen LogP contribution in [0.2, 0.25) is 0 Å². The van der Waals surface area contributed by atoms with Gasteiger partial charge in [0.15, 0.2) is 6.55 Å². The standard InChI is InChI=1S/C4HF10OPS2/c5-1(6,7)3(11,12)17-16(15)18-4(13,14)2(8,9)10/h15H. The third kappa shape index (κ3) is 4.82. The first-order valence-corrected chi connectivity index (χ1v) is 7.50. The van der Waals surface area contributed by atoms with E-state index >= 15 is 0 Å². The smallest absolute Gasteiger partial charge is 0.355 e. The van der Waals surface area contributed by atoms with Crippen molar-refractivity contribution in [2.24, 2.45) is 0 Å². The van der Waals surface area contributed by atoms with Crippen LogP contribution in [0.3, 0.4) is 0 Å². The van der Waals surface area contributed by atoms with Gasteiger partial charge in [0.1, 0.15) is 0 Å². The number of halogens is 10. The highest BCUT2D eigenvalue weighted by Crippen LogP contribution is 2.71. The van der Waals surface area contributed by atoms with Crippen LogP contribution in [0.4, 0.5) is 43.9 Å². The Hall–Kier alpha value is 0.390. The number of rotatable bonds is 4. The fraction of sp³-hybridized carbons (Fsp3) is 1.00. The van der Waals surface area contributed by atoms with Gasteiger partial charge < -0.3 is 4.89 Å². The lowest BCUT2D eigenvalue weighted by molar-refractivity contribution is -0.237. The van der Waals surface area contributed by atoms with E-state index in [-0.39, 0.29) is 0 Å². The van der Waals surface area contributed by atoms with Crippen LogP contribution in [0.1, 0.15) is 0 Å². The summed E-state index contributed by atoms with van der Waals surface area (Å²) in [4.78, 5) is 8.48. The predicted octanol–water partition coefficient (Wildman–Crippen LogP) is 4.98. The Kier molecular flexibility index (Phi) is 5.53. The van der Waals surface area contributed by atoms with Gasteiger partial charge in [-0.3, -0.25) is 0 Å². The molecule has 0 heterocycles. The van der Waals surface area contributed by atoms with Crippen molar-refractivity contribution in [3.63, 3.8) is 0 Å². The van der Waals surface area contributed by atoms with Crippen molar-refractivity contribution in [3.8, 4) is 0 Å². The number of hydrogen-bond acceptors (Lipinski definition) is 3.